The third-order valence-electron chi connectivity index (χ3n) is 2.27. The molecule has 0 saturated heterocycles. The molecule has 90 valence electrons. The molecule has 8 heteroatoms. The van der Waals surface area contributed by atoms with Gasteiger partial charge in [-0.25, -0.2) is 0 Å². The van der Waals surface area contributed by atoms with Gasteiger partial charge in [0.05, 0.1) is 11.0 Å². The first-order chi connectivity index (χ1) is 7.79. The van der Waals surface area contributed by atoms with Gasteiger partial charge < -0.3 is 9.97 Å². The molecule has 0 bridgehead atoms. The molecule has 0 spiro atoms. The van der Waals surface area contributed by atoms with Crippen molar-refractivity contribution in [3.05, 3.63) is 22.5 Å². The van der Waals surface area contributed by atoms with Crippen molar-refractivity contribution >= 4 is 39.2 Å². The standard InChI is InChI=1S/C9H8N2O4S2/c1-4(12)5-2-6-7(11-9(16)10-6)3-8(5)17(13,14)15/h2-3H,1H3,(H2,10,11,16)(H,13,14,15). The molecule has 6 nitrogen and oxygen atoms in total. The van der Waals surface area contributed by atoms with Gasteiger partial charge in [-0.2, -0.15) is 8.42 Å². The molecule has 0 saturated carbocycles. The van der Waals surface area contributed by atoms with Gasteiger partial charge in [-0.1, -0.05) is 0 Å². The number of carbonyl (C=O) groups excluding carboxylic acids is 1. The van der Waals surface area contributed by atoms with Crippen molar-refractivity contribution in [2.24, 2.45) is 0 Å². The molecule has 2 rings (SSSR count). The Balaban J connectivity index is 2.94. The van der Waals surface area contributed by atoms with Gasteiger partial charge >= 0.3 is 0 Å². The fourth-order valence-corrected chi connectivity index (χ4v) is 2.52. The van der Waals surface area contributed by atoms with Gasteiger partial charge in [-0.05, 0) is 31.3 Å². The highest BCUT2D eigenvalue weighted by molar-refractivity contribution is 7.86. The van der Waals surface area contributed by atoms with Crippen LogP contribution in [0.25, 0.3) is 11.0 Å². The third kappa shape index (κ3) is 2.14. The molecule has 2 aromatic rings. The zero-order valence-electron chi connectivity index (χ0n) is 8.64. The first-order valence-electron chi connectivity index (χ1n) is 4.53. The lowest BCUT2D eigenvalue weighted by Gasteiger charge is -2.03. The zero-order chi connectivity index (χ0) is 12.8. The number of H-pyrrole nitrogens is 2. The zero-order valence-corrected chi connectivity index (χ0v) is 10.3. The SMILES string of the molecule is CC(=O)c1cc2[nH]c(=S)[nH]c2cc1S(=O)(=O)O. The van der Waals surface area contributed by atoms with Crippen LogP contribution < -0.4 is 0 Å². The van der Waals surface area contributed by atoms with Crippen LogP contribution in [0, 0.1) is 4.77 Å². The summed E-state index contributed by atoms with van der Waals surface area (Å²) in [6, 6.07) is 2.51. The Bertz CT molecular complexity index is 770. The van der Waals surface area contributed by atoms with Crippen molar-refractivity contribution in [2.45, 2.75) is 11.8 Å². The summed E-state index contributed by atoms with van der Waals surface area (Å²) < 4.78 is 31.7. The molecular weight excluding hydrogens is 264 g/mol. The second-order valence-electron chi connectivity index (χ2n) is 3.50. The van der Waals surface area contributed by atoms with Crippen LogP contribution in [-0.4, -0.2) is 28.7 Å². The maximum absolute atomic E-state index is 11.3. The van der Waals surface area contributed by atoms with E-state index in [1.54, 1.807) is 0 Å². The van der Waals surface area contributed by atoms with Crippen molar-refractivity contribution in [2.75, 3.05) is 0 Å². The molecular formula is C9H8N2O4S2. The first kappa shape index (κ1) is 12.0. The molecule has 0 atom stereocenters. The number of aromatic amines is 2. The molecule has 17 heavy (non-hydrogen) atoms. The number of carbonyl (C=O) groups is 1. The quantitative estimate of drug-likeness (QED) is 0.438. The lowest BCUT2D eigenvalue weighted by atomic mass is 10.1. The Kier molecular flexibility index (Phi) is 2.64. The maximum Gasteiger partial charge on any atom is 0.295 e. The van der Waals surface area contributed by atoms with E-state index in [-0.39, 0.29) is 5.56 Å². The highest BCUT2D eigenvalue weighted by atomic mass is 32.2. The van der Waals surface area contributed by atoms with E-state index in [1.165, 1.54) is 19.1 Å². The number of ketones is 1. The van der Waals surface area contributed by atoms with Gasteiger partial charge in [0.2, 0.25) is 0 Å². The molecule has 0 aliphatic heterocycles. The van der Waals surface area contributed by atoms with Gasteiger partial charge in [-0.15, -0.1) is 0 Å². The summed E-state index contributed by atoms with van der Waals surface area (Å²) >= 11 is 4.85. The van der Waals surface area contributed by atoms with Crippen LogP contribution in [0.15, 0.2) is 17.0 Å². The minimum atomic E-state index is -4.45. The highest BCUT2D eigenvalue weighted by Gasteiger charge is 2.19. The minimum absolute atomic E-state index is 0.0785. The van der Waals surface area contributed by atoms with Crippen LogP contribution in [-0.2, 0) is 10.1 Å². The van der Waals surface area contributed by atoms with E-state index >= 15 is 0 Å². The summed E-state index contributed by atoms with van der Waals surface area (Å²) in [7, 11) is -4.45. The largest absolute Gasteiger partial charge is 0.331 e. The van der Waals surface area contributed by atoms with Crippen LogP contribution in [0.4, 0.5) is 0 Å². The van der Waals surface area contributed by atoms with E-state index in [0.29, 0.717) is 15.8 Å². The van der Waals surface area contributed by atoms with Crippen molar-refractivity contribution in [3.8, 4) is 0 Å². The highest BCUT2D eigenvalue weighted by Crippen LogP contribution is 2.22. The summed E-state index contributed by atoms with van der Waals surface area (Å²) in [6.07, 6.45) is 0. The summed E-state index contributed by atoms with van der Waals surface area (Å²) in [6.45, 7) is 1.22. The smallest absolute Gasteiger partial charge is 0.295 e. The Labute approximate surface area is 101 Å². The number of hydrogen-bond acceptors (Lipinski definition) is 4. The van der Waals surface area contributed by atoms with Gasteiger partial charge in [-0.3, -0.25) is 9.35 Å². The van der Waals surface area contributed by atoms with Crippen molar-refractivity contribution in [1.29, 1.82) is 0 Å². The molecule has 0 fully saturated rings. The minimum Gasteiger partial charge on any atom is -0.331 e. The van der Waals surface area contributed by atoms with Crippen LogP contribution >= 0.6 is 12.2 Å². The molecule has 0 unspecified atom stereocenters. The van der Waals surface area contributed by atoms with E-state index in [2.05, 4.69) is 9.97 Å². The number of nitrogens with one attached hydrogen (secondary N) is 2. The molecule has 0 aliphatic carbocycles. The summed E-state index contributed by atoms with van der Waals surface area (Å²) in [4.78, 5) is 16.4. The average Bonchev–Trinajstić information content (AvgIpc) is 2.53. The molecule has 0 aliphatic rings. The molecule has 1 aromatic heterocycles. The lowest BCUT2D eigenvalue weighted by Crippen LogP contribution is -2.06. The van der Waals surface area contributed by atoms with Crippen LogP contribution in [0.3, 0.4) is 0 Å². The number of aromatic nitrogens is 2. The summed E-state index contributed by atoms with van der Waals surface area (Å²) in [5, 5.41) is 0. The molecule has 0 radical (unpaired) electrons. The van der Waals surface area contributed by atoms with E-state index in [0.717, 1.165) is 0 Å². The number of benzene rings is 1. The maximum atomic E-state index is 11.3. The fraction of sp³-hybridized carbons (Fsp3) is 0.111. The number of fused-ring (bicyclic) bond motifs is 1. The number of imidazole rings is 1. The van der Waals surface area contributed by atoms with Crippen LogP contribution in [0.5, 0.6) is 0 Å². The van der Waals surface area contributed by atoms with E-state index in [4.69, 9.17) is 16.8 Å². The van der Waals surface area contributed by atoms with E-state index in [9.17, 15) is 13.2 Å². The summed E-state index contributed by atoms with van der Waals surface area (Å²) in [5.74, 6) is -0.458. The molecule has 3 N–H and O–H groups in total. The normalized spacial score (nSPS) is 11.9. The third-order valence-corrected chi connectivity index (χ3v) is 3.37. The monoisotopic (exact) mass is 272 g/mol. The Hall–Kier alpha value is -1.51. The molecule has 1 heterocycles. The van der Waals surface area contributed by atoms with Crippen LogP contribution in [0.2, 0.25) is 0 Å². The Morgan fingerprint density at radius 1 is 1.29 bits per heavy atom. The average molecular weight is 272 g/mol. The molecule has 0 amide bonds. The van der Waals surface area contributed by atoms with Gasteiger partial charge in [0.1, 0.15) is 4.90 Å². The number of rotatable bonds is 2. The van der Waals surface area contributed by atoms with Gasteiger partial charge in [0, 0.05) is 5.56 Å². The number of Topliss-reactive ketones (excluding diaryl/α,β-unsaturated/α-hetero) is 1. The van der Waals surface area contributed by atoms with Gasteiger partial charge in [0.25, 0.3) is 10.1 Å². The number of hydrogen-bond donors (Lipinski definition) is 3. The Morgan fingerprint density at radius 2 is 1.82 bits per heavy atom. The van der Waals surface area contributed by atoms with E-state index in [1.807, 2.05) is 0 Å². The molecule has 1 aromatic carbocycles. The van der Waals surface area contributed by atoms with Crippen molar-refractivity contribution < 1.29 is 17.8 Å². The Morgan fingerprint density at radius 3 is 2.29 bits per heavy atom. The summed E-state index contributed by atoms with van der Waals surface area (Å²) in [5.41, 5.74) is 0.838. The van der Waals surface area contributed by atoms with Gasteiger partial charge in [0.15, 0.2) is 10.6 Å². The lowest BCUT2D eigenvalue weighted by molar-refractivity contribution is 0.101. The fourth-order valence-electron chi connectivity index (χ4n) is 1.55. The topological polar surface area (TPSA) is 103 Å². The second-order valence-corrected chi connectivity index (χ2v) is 5.30. The second kappa shape index (κ2) is 3.76. The van der Waals surface area contributed by atoms with Crippen LogP contribution in [0.1, 0.15) is 17.3 Å². The first-order valence-corrected chi connectivity index (χ1v) is 6.38. The van der Waals surface area contributed by atoms with Crippen molar-refractivity contribution in [3.63, 3.8) is 0 Å². The van der Waals surface area contributed by atoms with E-state index < -0.39 is 20.8 Å². The predicted molar refractivity (Wildman–Crippen MR) is 63.3 cm³/mol. The van der Waals surface area contributed by atoms with Crippen molar-refractivity contribution in [1.82, 2.24) is 9.97 Å². The predicted octanol–water partition coefficient (Wildman–Crippen LogP) is 1.67.